The summed E-state index contributed by atoms with van der Waals surface area (Å²) < 4.78 is 14.4. The van der Waals surface area contributed by atoms with Crippen LogP contribution in [0.15, 0.2) is 36.0 Å². The fourth-order valence-corrected chi connectivity index (χ4v) is 1.65. The van der Waals surface area contributed by atoms with E-state index in [4.69, 9.17) is 9.47 Å². The average Bonchev–Trinajstić information content (AvgIpc) is 2.57. The Kier molecular flexibility index (Phi) is 7.28. The fraction of sp³-hybridized carbons (Fsp3) is 0.312. The Morgan fingerprint density at radius 1 is 1.21 bits per heavy atom. The van der Waals surface area contributed by atoms with Crippen LogP contribution < -0.4 is 10.1 Å². The van der Waals surface area contributed by atoms with Gasteiger partial charge < -0.3 is 24.6 Å². The molecule has 0 saturated heterocycles. The molecule has 8 nitrogen and oxygen atoms in total. The van der Waals surface area contributed by atoms with Crippen molar-refractivity contribution in [2.45, 2.75) is 19.9 Å². The molecule has 0 aliphatic rings. The second-order valence-electron chi connectivity index (χ2n) is 4.44. The Labute approximate surface area is 139 Å². The molecule has 1 aromatic rings. The first kappa shape index (κ1) is 19.0. The Bertz CT molecular complexity index is 622. The van der Waals surface area contributed by atoms with Crippen LogP contribution in [0.4, 0.5) is 0 Å². The van der Waals surface area contributed by atoms with Crippen LogP contribution in [0.2, 0.25) is 0 Å². The highest BCUT2D eigenvalue weighted by atomic mass is 16.6. The summed E-state index contributed by atoms with van der Waals surface area (Å²) in [5.41, 5.74) is -0.0850. The Balaban J connectivity index is 2.95. The standard InChI is InChI=1S/C16H19NO7/c1-4-12(14(19)22-3)17-13(15(20)23-5-2)16(21)24-11-8-6-10(18)7-9-11/h4,6-9,13,17-18H,5H2,1-3H3. The predicted molar refractivity (Wildman–Crippen MR) is 83.1 cm³/mol. The molecular weight excluding hydrogens is 318 g/mol. The van der Waals surface area contributed by atoms with Gasteiger partial charge in [0.1, 0.15) is 17.2 Å². The number of allylic oxidation sites excluding steroid dienone is 1. The highest BCUT2D eigenvalue weighted by Gasteiger charge is 2.32. The Hall–Kier alpha value is -3.03. The molecule has 0 spiro atoms. The first-order chi connectivity index (χ1) is 11.4. The van der Waals surface area contributed by atoms with Gasteiger partial charge in [0.15, 0.2) is 0 Å². The van der Waals surface area contributed by atoms with Gasteiger partial charge in [-0.3, -0.25) is 0 Å². The number of methoxy groups -OCH3 is 1. The molecule has 1 unspecified atom stereocenters. The van der Waals surface area contributed by atoms with Gasteiger partial charge in [-0.15, -0.1) is 0 Å². The van der Waals surface area contributed by atoms with Crippen LogP contribution in [0.5, 0.6) is 11.5 Å². The lowest BCUT2D eigenvalue weighted by Gasteiger charge is -2.18. The number of rotatable bonds is 7. The van der Waals surface area contributed by atoms with Crippen LogP contribution in [0, 0.1) is 0 Å². The van der Waals surface area contributed by atoms with Crippen LogP contribution in [-0.4, -0.2) is 42.8 Å². The SMILES string of the molecule is CC=C(NC(C(=O)OCC)C(=O)Oc1ccc(O)cc1)C(=O)OC. The van der Waals surface area contributed by atoms with Gasteiger partial charge in [0.05, 0.1) is 13.7 Å². The van der Waals surface area contributed by atoms with Crippen molar-refractivity contribution in [3.8, 4) is 11.5 Å². The zero-order valence-electron chi connectivity index (χ0n) is 13.6. The van der Waals surface area contributed by atoms with Gasteiger partial charge >= 0.3 is 17.9 Å². The van der Waals surface area contributed by atoms with Crippen molar-refractivity contribution >= 4 is 17.9 Å². The van der Waals surface area contributed by atoms with Crippen LogP contribution in [0.25, 0.3) is 0 Å². The number of aromatic hydroxyl groups is 1. The van der Waals surface area contributed by atoms with Gasteiger partial charge in [-0.05, 0) is 38.1 Å². The van der Waals surface area contributed by atoms with E-state index in [2.05, 4.69) is 10.1 Å². The monoisotopic (exact) mass is 337 g/mol. The molecule has 0 aromatic heterocycles. The minimum absolute atomic E-state index is 0.00300. The largest absolute Gasteiger partial charge is 0.508 e. The zero-order valence-corrected chi connectivity index (χ0v) is 13.6. The molecule has 0 radical (unpaired) electrons. The summed E-state index contributed by atoms with van der Waals surface area (Å²) in [6.07, 6.45) is 1.35. The molecule has 24 heavy (non-hydrogen) atoms. The minimum atomic E-state index is -1.55. The lowest BCUT2D eigenvalue weighted by molar-refractivity contribution is -0.153. The van der Waals surface area contributed by atoms with Crippen LogP contribution >= 0.6 is 0 Å². The van der Waals surface area contributed by atoms with Gasteiger partial charge in [0.2, 0.25) is 6.04 Å². The molecule has 130 valence electrons. The number of phenolic OH excluding ortho intramolecular Hbond substituents is 1. The predicted octanol–water partition coefficient (Wildman–Crippen LogP) is 0.896. The Morgan fingerprint density at radius 3 is 2.33 bits per heavy atom. The summed E-state index contributed by atoms with van der Waals surface area (Å²) in [4.78, 5) is 35.8. The highest BCUT2D eigenvalue weighted by molar-refractivity contribution is 6.01. The number of esters is 3. The number of nitrogens with one attached hydrogen (secondary N) is 1. The lowest BCUT2D eigenvalue weighted by atomic mass is 10.2. The van der Waals surface area contributed by atoms with Crippen molar-refractivity contribution in [3.63, 3.8) is 0 Å². The second-order valence-corrected chi connectivity index (χ2v) is 4.44. The third kappa shape index (κ3) is 5.31. The maximum atomic E-state index is 12.2. The summed E-state index contributed by atoms with van der Waals surface area (Å²) in [5.74, 6) is -2.50. The third-order valence-electron chi connectivity index (χ3n) is 2.81. The summed E-state index contributed by atoms with van der Waals surface area (Å²) in [6.45, 7) is 3.16. The molecule has 2 N–H and O–H groups in total. The quantitative estimate of drug-likeness (QED) is 0.327. The van der Waals surface area contributed by atoms with Gasteiger partial charge in [0, 0.05) is 0 Å². The first-order valence-electron chi connectivity index (χ1n) is 7.11. The number of hydrogen-bond donors (Lipinski definition) is 2. The number of benzene rings is 1. The Morgan fingerprint density at radius 2 is 1.83 bits per heavy atom. The number of ether oxygens (including phenoxy) is 3. The molecule has 0 fully saturated rings. The molecule has 1 rings (SSSR count). The van der Waals surface area contributed by atoms with Crippen LogP contribution in [0.3, 0.4) is 0 Å². The molecule has 0 heterocycles. The first-order valence-corrected chi connectivity index (χ1v) is 7.11. The van der Waals surface area contributed by atoms with E-state index in [1.54, 1.807) is 6.92 Å². The minimum Gasteiger partial charge on any atom is -0.508 e. The topological polar surface area (TPSA) is 111 Å². The smallest absolute Gasteiger partial charge is 0.353 e. The molecule has 8 heteroatoms. The van der Waals surface area contributed by atoms with E-state index in [0.717, 1.165) is 0 Å². The van der Waals surface area contributed by atoms with Crippen LogP contribution in [0.1, 0.15) is 13.8 Å². The molecule has 0 aliphatic carbocycles. The van der Waals surface area contributed by atoms with Gasteiger partial charge in [-0.2, -0.15) is 0 Å². The molecule has 0 saturated carbocycles. The van der Waals surface area contributed by atoms with Crippen LogP contribution in [-0.2, 0) is 23.9 Å². The van der Waals surface area contributed by atoms with E-state index >= 15 is 0 Å². The van der Waals surface area contributed by atoms with E-state index < -0.39 is 23.9 Å². The van der Waals surface area contributed by atoms with Crippen molar-refractivity contribution in [2.24, 2.45) is 0 Å². The maximum Gasteiger partial charge on any atom is 0.353 e. The normalized spacial score (nSPS) is 12.0. The molecule has 0 aliphatic heterocycles. The lowest BCUT2D eigenvalue weighted by Crippen LogP contribution is -2.47. The fourth-order valence-electron chi connectivity index (χ4n) is 1.65. The molecule has 0 bridgehead atoms. The summed E-state index contributed by atoms with van der Waals surface area (Å²) in [5, 5.41) is 11.7. The number of carbonyl (C=O) groups is 3. The van der Waals surface area contributed by atoms with E-state index in [-0.39, 0.29) is 23.8 Å². The van der Waals surface area contributed by atoms with Crippen molar-refractivity contribution in [3.05, 3.63) is 36.0 Å². The van der Waals surface area contributed by atoms with E-state index in [9.17, 15) is 19.5 Å². The number of carbonyl (C=O) groups excluding carboxylic acids is 3. The zero-order chi connectivity index (χ0) is 18.1. The van der Waals surface area contributed by atoms with E-state index in [1.165, 1.54) is 44.4 Å². The van der Waals surface area contributed by atoms with Crippen molar-refractivity contribution < 1.29 is 33.7 Å². The molecule has 0 amide bonds. The second kappa shape index (κ2) is 9.19. The van der Waals surface area contributed by atoms with Crippen molar-refractivity contribution in [1.82, 2.24) is 5.32 Å². The summed E-state index contributed by atoms with van der Waals surface area (Å²) in [6, 6.07) is 3.80. The maximum absolute atomic E-state index is 12.2. The molecular formula is C16H19NO7. The molecule has 1 atom stereocenters. The van der Waals surface area contributed by atoms with E-state index in [0.29, 0.717) is 0 Å². The molecule has 1 aromatic carbocycles. The highest BCUT2D eigenvalue weighted by Crippen LogP contribution is 2.16. The summed E-state index contributed by atoms with van der Waals surface area (Å²) in [7, 11) is 1.17. The summed E-state index contributed by atoms with van der Waals surface area (Å²) >= 11 is 0. The number of hydrogen-bond acceptors (Lipinski definition) is 8. The van der Waals surface area contributed by atoms with Crippen molar-refractivity contribution in [1.29, 1.82) is 0 Å². The van der Waals surface area contributed by atoms with Crippen molar-refractivity contribution in [2.75, 3.05) is 13.7 Å². The van der Waals surface area contributed by atoms with Gasteiger partial charge in [0.25, 0.3) is 0 Å². The van der Waals surface area contributed by atoms with Gasteiger partial charge in [-0.1, -0.05) is 6.08 Å². The number of phenols is 1. The average molecular weight is 337 g/mol. The third-order valence-corrected chi connectivity index (χ3v) is 2.81. The van der Waals surface area contributed by atoms with Gasteiger partial charge in [-0.25, -0.2) is 14.4 Å². The van der Waals surface area contributed by atoms with E-state index in [1.807, 2.05) is 0 Å².